The van der Waals surface area contributed by atoms with Crippen LogP contribution in [0.1, 0.15) is 21.0 Å². The number of benzene rings is 1. The number of hydrogen-bond acceptors (Lipinski definition) is 3. The fraction of sp³-hybridized carbons (Fsp3) is 0.308. The molecule has 0 amide bonds. The van der Waals surface area contributed by atoms with Crippen LogP contribution in [0.3, 0.4) is 0 Å². The van der Waals surface area contributed by atoms with Crippen molar-refractivity contribution in [3.63, 3.8) is 0 Å². The van der Waals surface area contributed by atoms with Crippen molar-refractivity contribution >= 4 is 11.3 Å². The van der Waals surface area contributed by atoms with Crippen molar-refractivity contribution in [2.24, 2.45) is 0 Å². The van der Waals surface area contributed by atoms with Crippen LogP contribution in [0, 0.1) is 0 Å². The van der Waals surface area contributed by atoms with Crippen molar-refractivity contribution in [2.45, 2.75) is 19.0 Å². The second kappa shape index (κ2) is 5.71. The normalized spacial score (nSPS) is 11.8. The highest BCUT2D eigenvalue weighted by atomic mass is 32.1. The average molecular weight is 287 g/mol. The molecule has 0 saturated carbocycles. The van der Waals surface area contributed by atoms with E-state index in [1.165, 1.54) is 17.4 Å². The lowest BCUT2D eigenvalue weighted by Crippen LogP contribution is -2.05. The molecule has 0 aliphatic carbocycles. The van der Waals surface area contributed by atoms with E-state index in [-0.39, 0.29) is 6.61 Å². The summed E-state index contributed by atoms with van der Waals surface area (Å²) in [4.78, 5) is 5.08. The largest absolute Gasteiger partial charge is 0.416 e. The Morgan fingerprint density at radius 1 is 1.26 bits per heavy atom. The fourth-order valence-corrected chi connectivity index (χ4v) is 2.63. The number of aliphatic hydroxyl groups is 1. The standard InChI is InChI=1S/C13H12F3NOS/c14-13(15,16)10-3-1-2-9(6-10)7-12-17-8-11(19-12)4-5-18/h1-3,6,8,18H,4-5,7H2. The molecule has 0 saturated heterocycles. The van der Waals surface area contributed by atoms with E-state index in [1.807, 2.05) is 0 Å². The number of thiazole rings is 1. The van der Waals surface area contributed by atoms with E-state index < -0.39 is 11.7 Å². The summed E-state index contributed by atoms with van der Waals surface area (Å²) in [7, 11) is 0. The highest BCUT2D eigenvalue weighted by Gasteiger charge is 2.30. The maximum absolute atomic E-state index is 12.6. The van der Waals surface area contributed by atoms with Crippen LogP contribution in [0.5, 0.6) is 0 Å². The molecule has 1 N–H and O–H groups in total. The molecule has 0 radical (unpaired) electrons. The Bertz CT molecular complexity index is 551. The quantitative estimate of drug-likeness (QED) is 0.936. The van der Waals surface area contributed by atoms with Gasteiger partial charge in [0.2, 0.25) is 0 Å². The van der Waals surface area contributed by atoms with Crippen molar-refractivity contribution in [3.8, 4) is 0 Å². The molecule has 0 aliphatic rings. The van der Waals surface area contributed by atoms with E-state index in [0.717, 1.165) is 22.0 Å². The van der Waals surface area contributed by atoms with Crippen LogP contribution in [-0.2, 0) is 19.0 Å². The zero-order valence-corrected chi connectivity index (χ0v) is 10.8. The van der Waals surface area contributed by atoms with Gasteiger partial charge in [0.05, 0.1) is 10.6 Å². The van der Waals surface area contributed by atoms with Gasteiger partial charge in [0.25, 0.3) is 0 Å². The lowest BCUT2D eigenvalue weighted by Gasteiger charge is -2.07. The summed E-state index contributed by atoms with van der Waals surface area (Å²) in [6.45, 7) is 0.0468. The van der Waals surface area contributed by atoms with Gasteiger partial charge in [0, 0.05) is 30.5 Å². The minimum absolute atomic E-state index is 0.0468. The molecule has 1 aromatic heterocycles. The highest BCUT2D eigenvalue weighted by Crippen LogP contribution is 2.30. The maximum Gasteiger partial charge on any atom is 0.416 e. The van der Waals surface area contributed by atoms with Crippen molar-refractivity contribution in [2.75, 3.05) is 6.61 Å². The molecule has 6 heteroatoms. The number of halogens is 3. The predicted octanol–water partition coefficient (Wildman–Crippen LogP) is 3.29. The Kier molecular flexibility index (Phi) is 4.21. The highest BCUT2D eigenvalue weighted by molar-refractivity contribution is 7.11. The molecule has 1 aromatic carbocycles. The summed E-state index contributed by atoms with van der Waals surface area (Å²) >= 11 is 1.41. The van der Waals surface area contributed by atoms with Crippen LogP contribution in [0.2, 0.25) is 0 Å². The van der Waals surface area contributed by atoms with Crippen LogP contribution in [0.15, 0.2) is 30.5 Å². The van der Waals surface area contributed by atoms with Crippen molar-refractivity contribution in [3.05, 3.63) is 51.5 Å². The third-order valence-electron chi connectivity index (χ3n) is 2.57. The Morgan fingerprint density at radius 2 is 2.05 bits per heavy atom. The molecule has 0 spiro atoms. The number of hydrogen-bond donors (Lipinski definition) is 1. The molecular formula is C13H12F3NOS. The van der Waals surface area contributed by atoms with Gasteiger partial charge in [0.1, 0.15) is 0 Å². The zero-order valence-electron chi connectivity index (χ0n) is 9.94. The average Bonchev–Trinajstić information content (AvgIpc) is 2.76. The molecule has 0 fully saturated rings. The summed E-state index contributed by atoms with van der Waals surface area (Å²) < 4.78 is 37.7. The molecule has 0 unspecified atom stereocenters. The Morgan fingerprint density at radius 3 is 2.74 bits per heavy atom. The Labute approximate surface area is 112 Å². The zero-order chi connectivity index (χ0) is 13.9. The number of alkyl halides is 3. The molecule has 2 nitrogen and oxygen atoms in total. The summed E-state index contributed by atoms with van der Waals surface area (Å²) in [6.07, 6.45) is -1.76. The molecule has 2 rings (SSSR count). The van der Waals surface area contributed by atoms with E-state index in [2.05, 4.69) is 4.98 Å². The summed E-state index contributed by atoms with van der Waals surface area (Å²) in [5, 5.41) is 9.55. The SMILES string of the molecule is OCCc1cnc(Cc2cccc(C(F)(F)F)c2)s1. The van der Waals surface area contributed by atoms with Crippen LogP contribution in [0.25, 0.3) is 0 Å². The van der Waals surface area contributed by atoms with Crippen LogP contribution in [0.4, 0.5) is 13.2 Å². The monoisotopic (exact) mass is 287 g/mol. The summed E-state index contributed by atoms with van der Waals surface area (Å²) in [5.41, 5.74) is -0.0585. The van der Waals surface area contributed by atoms with Crippen LogP contribution >= 0.6 is 11.3 Å². The van der Waals surface area contributed by atoms with Crippen LogP contribution < -0.4 is 0 Å². The fourth-order valence-electron chi connectivity index (χ4n) is 1.69. The number of aromatic nitrogens is 1. The molecular weight excluding hydrogens is 275 g/mol. The van der Waals surface area contributed by atoms with Gasteiger partial charge in [-0.25, -0.2) is 4.98 Å². The van der Waals surface area contributed by atoms with Gasteiger partial charge in [-0.05, 0) is 11.6 Å². The first-order valence-electron chi connectivity index (χ1n) is 5.69. The molecule has 2 aromatic rings. The number of rotatable bonds is 4. The molecule has 102 valence electrons. The number of aliphatic hydroxyl groups excluding tert-OH is 1. The second-order valence-corrected chi connectivity index (χ2v) is 5.27. The van der Waals surface area contributed by atoms with Crippen molar-refractivity contribution in [1.82, 2.24) is 4.98 Å². The summed E-state index contributed by atoms with van der Waals surface area (Å²) in [5.74, 6) is 0. The lowest BCUT2D eigenvalue weighted by molar-refractivity contribution is -0.137. The first kappa shape index (κ1) is 14.0. The maximum atomic E-state index is 12.6. The van der Waals surface area contributed by atoms with Gasteiger partial charge in [-0.15, -0.1) is 11.3 Å². The summed E-state index contributed by atoms with van der Waals surface area (Å²) in [6, 6.07) is 5.26. The van der Waals surface area contributed by atoms with Gasteiger partial charge in [-0.3, -0.25) is 0 Å². The second-order valence-electron chi connectivity index (χ2n) is 4.07. The van der Waals surface area contributed by atoms with E-state index in [0.29, 0.717) is 18.4 Å². The molecule has 0 bridgehead atoms. The molecule has 19 heavy (non-hydrogen) atoms. The molecule has 0 atom stereocenters. The van der Waals surface area contributed by atoms with E-state index in [1.54, 1.807) is 12.3 Å². The predicted molar refractivity (Wildman–Crippen MR) is 67.2 cm³/mol. The smallest absolute Gasteiger partial charge is 0.396 e. The van der Waals surface area contributed by atoms with E-state index >= 15 is 0 Å². The van der Waals surface area contributed by atoms with Gasteiger partial charge in [0.15, 0.2) is 0 Å². The minimum Gasteiger partial charge on any atom is -0.396 e. The third-order valence-corrected chi connectivity index (χ3v) is 3.63. The number of nitrogens with zero attached hydrogens (tertiary/aromatic N) is 1. The van der Waals surface area contributed by atoms with Gasteiger partial charge < -0.3 is 5.11 Å². The molecule has 1 heterocycles. The first-order valence-corrected chi connectivity index (χ1v) is 6.51. The Hall–Kier alpha value is -1.40. The topological polar surface area (TPSA) is 33.1 Å². The van der Waals surface area contributed by atoms with Gasteiger partial charge in [-0.1, -0.05) is 18.2 Å². The van der Waals surface area contributed by atoms with Gasteiger partial charge in [-0.2, -0.15) is 13.2 Å². The van der Waals surface area contributed by atoms with Crippen molar-refractivity contribution < 1.29 is 18.3 Å². The third kappa shape index (κ3) is 3.78. The van der Waals surface area contributed by atoms with E-state index in [4.69, 9.17) is 5.11 Å². The van der Waals surface area contributed by atoms with Crippen molar-refractivity contribution in [1.29, 1.82) is 0 Å². The van der Waals surface area contributed by atoms with Gasteiger partial charge >= 0.3 is 6.18 Å². The lowest BCUT2D eigenvalue weighted by atomic mass is 10.1. The minimum atomic E-state index is -4.32. The molecule has 0 aliphatic heterocycles. The van der Waals surface area contributed by atoms with Crippen LogP contribution in [-0.4, -0.2) is 16.7 Å². The Balaban J connectivity index is 2.14. The van der Waals surface area contributed by atoms with E-state index in [9.17, 15) is 13.2 Å². The first-order chi connectivity index (χ1) is 8.99.